The van der Waals surface area contributed by atoms with Crippen LogP contribution in [-0.2, 0) is 4.79 Å². The van der Waals surface area contributed by atoms with Crippen LogP contribution in [0.2, 0.25) is 0 Å². The molecule has 0 spiro atoms. The highest BCUT2D eigenvalue weighted by molar-refractivity contribution is 5.93. The molecule has 0 bridgehead atoms. The second kappa shape index (κ2) is 8.99. The van der Waals surface area contributed by atoms with Gasteiger partial charge in [0.05, 0.1) is 0 Å². The predicted octanol–water partition coefficient (Wildman–Crippen LogP) is 4.17. The maximum atomic E-state index is 12.4. The number of piperazine rings is 1. The Bertz CT molecular complexity index is 824. The lowest BCUT2D eigenvalue weighted by atomic mass is 10.1. The highest BCUT2D eigenvalue weighted by Gasteiger charge is 2.23. The van der Waals surface area contributed by atoms with Crippen molar-refractivity contribution in [2.45, 2.75) is 25.7 Å². The normalized spacial score (nSPS) is 17.2. The van der Waals surface area contributed by atoms with Crippen molar-refractivity contribution in [3.05, 3.63) is 54.6 Å². The van der Waals surface area contributed by atoms with Gasteiger partial charge in [0.15, 0.2) is 0 Å². The topological polar surface area (TPSA) is 64.7 Å². The average molecular weight is 393 g/mol. The monoisotopic (exact) mass is 392 g/mol. The lowest BCUT2D eigenvalue weighted by Gasteiger charge is -2.36. The fourth-order valence-corrected chi connectivity index (χ4v) is 4.08. The number of hydrogen-bond acceptors (Lipinski definition) is 3. The van der Waals surface area contributed by atoms with E-state index in [4.69, 9.17) is 0 Å². The van der Waals surface area contributed by atoms with E-state index in [-0.39, 0.29) is 17.9 Å². The maximum Gasteiger partial charge on any atom is 0.321 e. The summed E-state index contributed by atoms with van der Waals surface area (Å²) in [6.45, 7) is 2.93. The molecule has 2 fully saturated rings. The number of hydrogen-bond donors (Lipinski definition) is 2. The number of nitrogens with one attached hydrogen (secondary N) is 2. The van der Waals surface area contributed by atoms with Crippen molar-refractivity contribution in [1.82, 2.24) is 4.90 Å². The summed E-state index contributed by atoms with van der Waals surface area (Å²) in [5.41, 5.74) is 2.79. The summed E-state index contributed by atoms with van der Waals surface area (Å²) in [7, 11) is 0. The average Bonchev–Trinajstić information content (AvgIpc) is 3.30. The molecular formula is C23H28N4O2. The van der Waals surface area contributed by atoms with Gasteiger partial charge in [0.2, 0.25) is 5.91 Å². The lowest BCUT2D eigenvalue weighted by molar-refractivity contribution is -0.119. The number of para-hydroxylation sites is 1. The number of rotatable bonds is 4. The third-order valence-electron chi connectivity index (χ3n) is 5.82. The molecule has 6 nitrogen and oxygen atoms in total. The highest BCUT2D eigenvalue weighted by Crippen LogP contribution is 2.26. The van der Waals surface area contributed by atoms with Gasteiger partial charge in [-0.15, -0.1) is 0 Å². The first-order valence-electron chi connectivity index (χ1n) is 10.5. The highest BCUT2D eigenvalue weighted by atomic mass is 16.2. The first-order chi connectivity index (χ1) is 14.2. The summed E-state index contributed by atoms with van der Waals surface area (Å²) >= 11 is 0. The molecule has 3 amide bonds. The maximum absolute atomic E-state index is 12.4. The van der Waals surface area contributed by atoms with Crippen molar-refractivity contribution in [2.24, 2.45) is 5.92 Å². The predicted molar refractivity (Wildman–Crippen MR) is 116 cm³/mol. The molecule has 0 radical (unpaired) electrons. The lowest BCUT2D eigenvalue weighted by Crippen LogP contribution is -2.50. The van der Waals surface area contributed by atoms with Crippen molar-refractivity contribution in [2.75, 3.05) is 41.7 Å². The zero-order chi connectivity index (χ0) is 20.1. The molecule has 2 aromatic rings. The van der Waals surface area contributed by atoms with E-state index >= 15 is 0 Å². The smallest absolute Gasteiger partial charge is 0.321 e. The third kappa shape index (κ3) is 4.88. The molecule has 2 aliphatic rings. The Balaban J connectivity index is 1.27. The minimum atomic E-state index is -0.0548. The van der Waals surface area contributed by atoms with E-state index < -0.39 is 0 Å². The van der Waals surface area contributed by atoms with Gasteiger partial charge >= 0.3 is 6.03 Å². The van der Waals surface area contributed by atoms with E-state index in [9.17, 15) is 9.59 Å². The van der Waals surface area contributed by atoms with Gasteiger partial charge in [-0.2, -0.15) is 0 Å². The molecule has 6 heteroatoms. The molecule has 1 saturated heterocycles. The molecule has 1 saturated carbocycles. The van der Waals surface area contributed by atoms with E-state index in [1.807, 2.05) is 59.5 Å². The summed E-state index contributed by atoms with van der Waals surface area (Å²) in [5, 5.41) is 5.98. The zero-order valence-corrected chi connectivity index (χ0v) is 16.6. The number of nitrogens with zero attached hydrogens (tertiary/aromatic N) is 2. The van der Waals surface area contributed by atoms with Crippen LogP contribution in [0.5, 0.6) is 0 Å². The van der Waals surface area contributed by atoms with Crippen LogP contribution in [0.1, 0.15) is 25.7 Å². The van der Waals surface area contributed by atoms with Crippen molar-refractivity contribution in [1.29, 1.82) is 0 Å². The van der Waals surface area contributed by atoms with Gasteiger partial charge in [0, 0.05) is 49.2 Å². The number of amides is 3. The van der Waals surface area contributed by atoms with Gasteiger partial charge in [0.1, 0.15) is 0 Å². The van der Waals surface area contributed by atoms with E-state index in [1.54, 1.807) is 0 Å². The summed E-state index contributed by atoms with van der Waals surface area (Å²) in [6, 6.07) is 17.5. The number of carbonyl (C=O) groups excluding carboxylic acids is 2. The number of carbonyl (C=O) groups is 2. The van der Waals surface area contributed by atoms with Gasteiger partial charge in [0.25, 0.3) is 0 Å². The summed E-state index contributed by atoms with van der Waals surface area (Å²) in [5.74, 6) is 0.318. The minimum Gasteiger partial charge on any atom is -0.368 e. The first-order valence-corrected chi connectivity index (χ1v) is 10.5. The Labute approximate surface area is 171 Å². The van der Waals surface area contributed by atoms with Crippen LogP contribution in [0.3, 0.4) is 0 Å². The molecule has 2 aromatic carbocycles. The van der Waals surface area contributed by atoms with Crippen LogP contribution in [-0.4, -0.2) is 43.0 Å². The van der Waals surface area contributed by atoms with E-state index in [0.717, 1.165) is 55.8 Å². The second-order valence-electron chi connectivity index (χ2n) is 7.79. The molecule has 1 aliphatic heterocycles. The molecule has 0 unspecified atom stereocenters. The van der Waals surface area contributed by atoms with E-state index in [0.29, 0.717) is 13.1 Å². The Morgan fingerprint density at radius 2 is 1.38 bits per heavy atom. The Morgan fingerprint density at radius 1 is 0.759 bits per heavy atom. The van der Waals surface area contributed by atoms with E-state index in [2.05, 4.69) is 15.5 Å². The van der Waals surface area contributed by atoms with Gasteiger partial charge in [-0.3, -0.25) is 4.79 Å². The Morgan fingerprint density at radius 3 is 2.03 bits per heavy atom. The summed E-state index contributed by atoms with van der Waals surface area (Å²) in [6.07, 6.45) is 4.33. The molecule has 4 rings (SSSR count). The SMILES string of the molecule is O=C(Nc1ccc(N2CCN(C(=O)Nc3ccccc3)CC2)cc1)C1CCCC1. The van der Waals surface area contributed by atoms with Gasteiger partial charge in [-0.05, 0) is 49.2 Å². The van der Waals surface area contributed by atoms with Crippen LogP contribution in [0.25, 0.3) is 0 Å². The number of urea groups is 1. The van der Waals surface area contributed by atoms with Crippen LogP contribution in [0, 0.1) is 5.92 Å². The largest absolute Gasteiger partial charge is 0.368 e. The van der Waals surface area contributed by atoms with Crippen molar-refractivity contribution in [3.63, 3.8) is 0 Å². The molecule has 0 aromatic heterocycles. The quantitative estimate of drug-likeness (QED) is 0.821. The number of benzene rings is 2. The van der Waals surface area contributed by atoms with E-state index in [1.165, 1.54) is 0 Å². The minimum absolute atomic E-state index is 0.0548. The molecule has 152 valence electrons. The van der Waals surface area contributed by atoms with Crippen LogP contribution < -0.4 is 15.5 Å². The van der Waals surface area contributed by atoms with Gasteiger partial charge in [-0.25, -0.2) is 4.79 Å². The zero-order valence-electron chi connectivity index (χ0n) is 16.6. The summed E-state index contributed by atoms with van der Waals surface area (Å²) in [4.78, 5) is 28.8. The standard InChI is InChI=1S/C23H28N4O2/c28-22(18-6-4-5-7-18)24-20-10-12-21(13-11-20)26-14-16-27(17-15-26)23(29)25-19-8-2-1-3-9-19/h1-3,8-13,18H,4-7,14-17H2,(H,24,28)(H,25,29). The molecule has 0 atom stereocenters. The first kappa shape index (κ1) is 19.3. The Hall–Kier alpha value is -3.02. The molecule has 29 heavy (non-hydrogen) atoms. The van der Waals surface area contributed by atoms with Crippen LogP contribution in [0.15, 0.2) is 54.6 Å². The Kier molecular flexibility index (Phi) is 5.98. The molecule has 1 aliphatic carbocycles. The second-order valence-corrected chi connectivity index (χ2v) is 7.79. The number of anilines is 3. The molecular weight excluding hydrogens is 364 g/mol. The van der Waals surface area contributed by atoms with Gasteiger partial charge < -0.3 is 20.4 Å². The van der Waals surface area contributed by atoms with Crippen molar-refractivity contribution >= 4 is 29.0 Å². The van der Waals surface area contributed by atoms with Crippen LogP contribution in [0.4, 0.5) is 21.9 Å². The van der Waals surface area contributed by atoms with Crippen molar-refractivity contribution < 1.29 is 9.59 Å². The third-order valence-corrected chi connectivity index (χ3v) is 5.82. The van der Waals surface area contributed by atoms with Crippen molar-refractivity contribution in [3.8, 4) is 0 Å². The van der Waals surface area contributed by atoms with Gasteiger partial charge in [-0.1, -0.05) is 31.0 Å². The molecule has 1 heterocycles. The van der Waals surface area contributed by atoms with Crippen LogP contribution >= 0.6 is 0 Å². The fourth-order valence-electron chi connectivity index (χ4n) is 4.08. The summed E-state index contributed by atoms with van der Waals surface area (Å²) < 4.78 is 0. The fraction of sp³-hybridized carbons (Fsp3) is 0.391. The molecule has 2 N–H and O–H groups in total.